The van der Waals surface area contributed by atoms with E-state index in [1.165, 1.54) is 13.1 Å². The highest BCUT2D eigenvalue weighted by Crippen LogP contribution is 2.12. The largest absolute Gasteiger partial charge is 0.365 e. The van der Waals surface area contributed by atoms with E-state index in [-0.39, 0.29) is 11.7 Å². The van der Waals surface area contributed by atoms with Gasteiger partial charge in [0, 0.05) is 24.2 Å². The number of rotatable bonds is 5. The maximum absolute atomic E-state index is 12.3. The van der Waals surface area contributed by atoms with Crippen LogP contribution >= 0.6 is 0 Å². The van der Waals surface area contributed by atoms with Crippen LogP contribution in [0.25, 0.3) is 0 Å². The van der Waals surface area contributed by atoms with Crippen LogP contribution in [0, 0.1) is 0 Å². The molecule has 0 aliphatic rings. The number of benzene rings is 1. The van der Waals surface area contributed by atoms with Gasteiger partial charge in [0.25, 0.3) is 11.8 Å². The second kappa shape index (κ2) is 6.83. The molecule has 6 heteroatoms. The van der Waals surface area contributed by atoms with Gasteiger partial charge in [0.1, 0.15) is 5.56 Å². The summed E-state index contributed by atoms with van der Waals surface area (Å²) in [7, 11) is 0. The first-order valence-electron chi connectivity index (χ1n) is 7.11. The second-order valence-corrected chi connectivity index (χ2v) is 5.21. The van der Waals surface area contributed by atoms with Crippen molar-refractivity contribution in [2.45, 2.75) is 19.9 Å². The van der Waals surface area contributed by atoms with Crippen LogP contribution < -0.4 is 15.6 Å². The summed E-state index contributed by atoms with van der Waals surface area (Å²) in [5.74, 6) is -0.892. The number of carbonyl (C=O) groups is 3. The Morgan fingerprint density at radius 2 is 1.83 bits per heavy atom. The lowest BCUT2D eigenvalue weighted by Crippen LogP contribution is -2.44. The molecule has 0 radical (unpaired) electrons. The zero-order valence-electron chi connectivity index (χ0n) is 12.9. The van der Waals surface area contributed by atoms with E-state index in [1.54, 1.807) is 54.1 Å². The van der Waals surface area contributed by atoms with Crippen molar-refractivity contribution in [3.8, 4) is 0 Å². The average Bonchev–Trinajstić information content (AvgIpc) is 2.54. The Balaban J connectivity index is 2.17. The summed E-state index contributed by atoms with van der Waals surface area (Å²) in [5.41, 5.74) is 6.64. The molecule has 2 aromatic rings. The third-order valence-corrected chi connectivity index (χ3v) is 3.47. The van der Waals surface area contributed by atoms with E-state index in [0.29, 0.717) is 16.8 Å². The minimum atomic E-state index is -0.555. The SMILES string of the molecule is CC(=O)c1cccc(NC(=O)[C@@H](C)[n+]2cccc(C(N)=O)c2)c1. The van der Waals surface area contributed by atoms with Crippen molar-refractivity contribution in [3.63, 3.8) is 0 Å². The molecule has 118 valence electrons. The fourth-order valence-corrected chi connectivity index (χ4v) is 2.08. The van der Waals surface area contributed by atoms with Crippen molar-refractivity contribution < 1.29 is 19.0 Å². The molecule has 0 aliphatic carbocycles. The molecule has 1 atom stereocenters. The van der Waals surface area contributed by atoms with Crippen molar-refractivity contribution in [2.24, 2.45) is 5.73 Å². The molecule has 3 N–H and O–H groups in total. The predicted octanol–water partition coefficient (Wildman–Crippen LogP) is 1.48. The number of Topliss-reactive ketones (excluding diaryl/α,β-unsaturated/α-hetero) is 1. The van der Waals surface area contributed by atoms with E-state index in [4.69, 9.17) is 5.73 Å². The van der Waals surface area contributed by atoms with Crippen LogP contribution in [0.5, 0.6) is 0 Å². The van der Waals surface area contributed by atoms with E-state index in [9.17, 15) is 14.4 Å². The highest BCUT2D eigenvalue weighted by molar-refractivity contribution is 5.97. The lowest BCUT2D eigenvalue weighted by atomic mass is 10.1. The lowest BCUT2D eigenvalue weighted by Gasteiger charge is -2.09. The van der Waals surface area contributed by atoms with Crippen molar-refractivity contribution in [1.82, 2.24) is 0 Å². The number of aromatic nitrogens is 1. The van der Waals surface area contributed by atoms with Crippen LogP contribution in [0.4, 0.5) is 5.69 Å². The predicted molar refractivity (Wildman–Crippen MR) is 84.9 cm³/mol. The Morgan fingerprint density at radius 3 is 2.48 bits per heavy atom. The molecule has 1 aromatic carbocycles. The van der Waals surface area contributed by atoms with Gasteiger partial charge in [-0.3, -0.25) is 14.4 Å². The number of nitrogens with one attached hydrogen (secondary N) is 1. The van der Waals surface area contributed by atoms with Crippen LogP contribution in [-0.2, 0) is 4.79 Å². The first-order chi connectivity index (χ1) is 10.9. The van der Waals surface area contributed by atoms with Crippen molar-refractivity contribution >= 4 is 23.3 Å². The summed E-state index contributed by atoms with van der Waals surface area (Å²) >= 11 is 0. The summed E-state index contributed by atoms with van der Waals surface area (Å²) in [6.07, 6.45) is 3.21. The van der Waals surface area contributed by atoms with Gasteiger partial charge in [-0.15, -0.1) is 0 Å². The number of anilines is 1. The van der Waals surface area contributed by atoms with Crippen LogP contribution in [0.15, 0.2) is 48.8 Å². The molecule has 0 aliphatic heterocycles. The molecule has 6 nitrogen and oxygen atoms in total. The van der Waals surface area contributed by atoms with E-state index < -0.39 is 11.9 Å². The number of primary amides is 1. The number of amides is 2. The molecule has 0 saturated carbocycles. The third kappa shape index (κ3) is 4.00. The maximum Gasteiger partial charge on any atom is 0.293 e. The highest BCUT2D eigenvalue weighted by atomic mass is 16.2. The topological polar surface area (TPSA) is 93.1 Å². The molecular formula is C17H18N3O3+. The highest BCUT2D eigenvalue weighted by Gasteiger charge is 2.23. The number of carbonyl (C=O) groups excluding carboxylic acids is 3. The Morgan fingerprint density at radius 1 is 1.13 bits per heavy atom. The molecule has 0 unspecified atom stereocenters. The molecule has 2 amide bonds. The Labute approximate surface area is 133 Å². The molecule has 0 fully saturated rings. The summed E-state index contributed by atoms with van der Waals surface area (Å²) in [4.78, 5) is 34.9. The van der Waals surface area contributed by atoms with Gasteiger partial charge in [-0.05, 0) is 25.1 Å². The molecule has 0 spiro atoms. The molecule has 1 aromatic heterocycles. The molecule has 0 bridgehead atoms. The normalized spacial score (nSPS) is 11.6. The first-order valence-corrected chi connectivity index (χ1v) is 7.11. The first kappa shape index (κ1) is 16.4. The Kier molecular flexibility index (Phi) is 4.85. The maximum atomic E-state index is 12.3. The van der Waals surface area contributed by atoms with Gasteiger partial charge < -0.3 is 11.1 Å². The Hall–Kier alpha value is -3.02. The molecule has 0 saturated heterocycles. The third-order valence-electron chi connectivity index (χ3n) is 3.47. The molecule has 23 heavy (non-hydrogen) atoms. The van der Waals surface area contributed by atoms with Gasteiger partial charge in [0.05, 0.1) is 0 Å². The summed E-state index contributed by atoms with van der Waals surface area (Å²) in [6.45, 7) is 3.17. The Bertz CT molecular complexity index is 771. The van der Waals surface area contributed by atoms with E-state index in [2.05, 4.69) is 5.32 Å². The minimum absolute atomic E-state index is 0.0716. The standard InChI is InChI=1S/C17H17N3O3/c1-11(20-8-4-6-14(10-20)16(18)22)17(23)19-15-7-3-5-13(9-15)12(2)21/h3-11H,1-2H3,(H2-,18,19,22,23)/p+1/t11-/m1/s1. The number of nitrogens with zero attached hydrogens (tertiary/aromatic N) is 1. The van der Waals surface area contributed by atoms with Crippen LogP contribution in [0.1, 0.15) is 40.6 Å². The number of nitrogens with two attached hydrogens (primary N) is 1. The molecule has 2 rings (SSSR count). The number of hydrogen-bond acceptors (Lipinski definition) is 3. The average molecular weight is 312 g/mol. The quantitative estimate of drug-likeness (QED) is 0.647. The fourth-order valence-electron chi connectivity index (χ4n) is 2.08. The van der Waals surface area contributed by atoms with Gasteiger partial charge in [-0.1, -0.05) is 12.1 Å². The summed E-state index contributed by atoms with van der Waals surface area (Å²) in [5, 5.41) is 2.76. The van der Waals surface area contributed by atoms with E-state index in [0.717, 1.165) is 0 Å². The zero-order valence-corrected chi connectivity index (χ0v) is 12.9. The van der Waals surface area contributed by atoms with Gasteiger partial charge in [-0.2, -0.15) is 4.57 Å². The minimum Gasteiger partial charge on any atom is -0.365 e. The van der Waals surface area contributed by atoms with Crippen LogP contribution in [0.2, 0.25) is 0 Å². The number of pyridine rings is 1. The summed E-state index contributed by atoms with van der Waals surface area (Å²) in [6, 6.07) is 9.42. The number of ketones is 1. The van der Waals surface area contributed by atoms with Gasteiger partial charge >= 0.3 is 0 Å². The zero-order chi connectivity index (χ0) is 17.0. The van der Waals surface area contributed by atoms with Crippen LogP contribution in [0.3, 0.4) is 0 Å². The van der Waals surface area contributed by atoms with Gasteiger partial charge in [0.2, 0.25) is 6.04 Å². The lowest BCUT2D eigenvalue weighted by molar-refractivity contribution is -0.705. The number of hydrogen-bond donors (Lipinski definition) is 2. The fraction of sp³-hybridized carbons (Fsp3) is 0.176. The van der Waals surface area contributed by atoms with Crippen molar-refractivity contribution in [2.75, 3.05) is 5.32 Å². The van der Waals surface area contributed by atoms with Crippen molar-refractivity contribution in [3.05, 3.63) is 59.9 Å². The van der Waals surface area contributed by atoms with E-state index in [1.807, 2.05) is 0 Å². The van der Waals surface area contributed by atoms with E-state index >= 15 is 0 Å². The van der Waals surface area contributed by atoms with Gasteiger partial charge in [0.15, 0.2) is 18.2 Å². The smallest absolute Gasteiger partial charge is 0.293 e. The van der Waals surface area contributed by atoms with Crippen molar-refractivity contribution in [1.29, 1.82) is 0 Å². The monoisotopic (exact) mass is 312 g/mol. The summed E-state index contributed by atoms with van der Waals surface area (Å²) < 4.78 is 1.60. The molecular weight excluding hydrogens is 294 g/mol. The van der Waals surface area contributed by atoms with Crippen LogP contribution in [-0.4, -0.2) is 17.6 Å². The van der Waals surface area contributed by atoms with Gasteiger partial charge in [-0.25, -0.2) is 0 Å². The molecule has 1 heterocycles. The second-order valence-electron chi connectivity index (χ2n) is 5.21.